The van der Waals surface area contributed by atoms with Crippen molar-refractivity contribution in [3.05, 3.63) is 58.7 Å². The van der Waals surface area contributed by atoms with Crippen LogP contribution in [0.15, 0.2) is 42.6 Å². The van der Waals surface area contributed by atoms with Gasteiger partial charge in [0.1, 0.15) is 5.82 Å². The van der Waals surface area contributed by atoms with Gasteiger partial charge in [0.2, 0.25) is 0 Å². The predicted molar refractivity (Wildman–Crippen MR) is 97.6 cm³/mol. The summed E-state index contributed by atoms with van der Waals surface area (Å²) in [6.07, 6.45) is 2.66. The average molecular weight is 358 g/mol. The lowest BCUT2D eigenvalue weighted by Gasteiger charge is -2.38. The van der Waals surface area contributed by atoms with Gasteiger partial charge in [-0.25, -0.2) is 9.78 Å². The molecule has 1 aromatic carbocycles. The number of aromatic nitrogens is 1. The van der Waals surface area contributed by atoms with Gasteiger partial charge in [-0.3, -0.25) is 4.90 Å². The van der Waals surface area contributed by atoms with Crippen molar-refractivity contribution in [3.63, 3.8) is 0 Å². The summed E-state index contributed by atoms with van der Waals surface area (Å²) in [5, 5.41) is 10.1. The molecular weight excluding hydrogens is 338 g/mol. The molecule has 0 radical (unpaired) electrons. The molecule has 130 valence electrons. The Morgan fingerprint density at radius 2 is 2.00 bits per heavy atom. The number of carboxylic acid groups (broad SMARTS) is 1. The molecule has 3 heterocycles. The second kappa shape index (κ2) is 6.65. The number of benzene rings is 1. The maximum absolute atomic E-state index is 11.5. The van der Waals surface area contributed by atoms with E-state index in [0.29, 0.717) is 16.6 Å². The minimum atomic E-state index is -0.840. The molecule has 5 nitrogen and oxygen atoms in total. The molecular formula is C19H20ClN3O2. The second-order valence-electron chi connectivity index (χ2n) is 6.75. The predicted octanol–water partition coefficient (Wildman–Crippen LogP) is 3.11. The van der Waals surface area contributed by atoms with Crippen LogP contribution in [0.1, 0.15) is 28.3 Å². The van der Waals surface area contributed by atoms with Gasteiger partial charge in [-0.2, -0.15) is 0 Å². The van der Waals surface area contributed by atoms with Gasteiger partial charge in [-0.1, -0.05) is 29.8 Å². The maximum atomic E-state index is 11.5. The highest BCUT2D eigenvalue weighted by Crippen LogP contribution is 2.35. The van der Waals surface area contributed by atoms with Gasteiger partial charge in [-0.15, -0.1) is 0 Å². The number of rotatable bonds is 3. The monoisotopic (exact) mass is 357 g/mol. The lowest BCUT2D eigenvalue weighted by Crippen LogP contribution is -2.50. The van der Waals surface area contributed by atoms with Crippen molar-refractivity contribution in [1.29, 1.82) is 0 Å². The number of anilines is 1. The molecule has 4 rings (SSSR count). The molecule has 2 aliphatic rings. The summed E-state index contributed by atoms with van der Waals surface area (Å²) in [6.45, 7) is 3.75. The molecule has 1 N–H and O–H groups in total. The topological polar surface area (TPSA) is 56.7 Å². The average Bonchev–Trinajstić information content (AvgIpc) is 3.05. The van der Waals surface area contributed by atoms with Gasteiger partial charge in [-0.05, 0) is 36.1 Å². The molecule has 2 saturated heterocycles. The Balaban J connectivity index is 1.51. The van der Waals surface area contributed by atoms with Crippen LogP contribution >= 0.6 is 11.6 Å². The van der Waals surface area contributed by atoms with Crippen LogP contribution in [0.25, 0.3) is 0 Å². The van der Waals surface area contributed by atoms with Gasteiger partial charge in [0.05, 0.1) is 10.6 Å². The van der Waals surface area contributed by atoms with Crippen molar-refractivity contribution in [2.45, 2.75) is 18.4 Å². The fourth-order valence-corrected chi connectivity index (χ4v) is 4.19. The van der Waals surface area contributed by atoms with E-state index in [-0.39, 0.29) is 5.92 Å². The number of carboxylic acids is 1. The van der Waals surface area contributed by atoms with E-state index < -0.39 is 5.97 Å². The van der Waals surface area contributed by atoms with E-state index in [0.717, 1.165) is 44.0 Å². The first-order valence-corrected chi connectivity index (χ1v) is 8.92. The number of carbonyl (C=O) groups is 1. The van der Waals surface area contributed by atoms with Crippen LogP contribution in [-0.4, -0.2) is 53.2 Å². The van der Waals surface area contributed by atoms with Crippen LogP contribution in [0.3, 0.4) is 0 Å². The Hall–Kier alpha value is -2.11. The van der Waals surface area contributed by atoms with Crippen molar-refractivity contribution in [1.82, 2.24) is 9.88 Å². The number of pyridine rings is 1. The summed E-state index contributed by atoms with van der Waals surface area (Å²) < 4.78 is 0. The summed E-state index contributed by atoms with van der Waals surface area (Å²) in [7, 11) is 0. The lowest BCUT2D eigenvalue weighted by molar-refractivity contribution is 0.0695. The number of halogens is 1. The molecule has 2 atom stereocenters. The molecule has 1 aromatic heterocycles. The minimum Gasteiger partial charge on any atom is -0.478 e. The highest BCUT2D eigenvalue weighted by Gasteiger charge is 2.38. The summed E-state index contributed by atoms with van der Waals surface area (Å²) in [5.74, 6) is 0.390. The molecule has 2 fully saturated rings. The number of hydrogen-bond acceptors (Lipinski definition) is 4. The van der Waals surface area contributed by atoms with Gasteiger partial charge in [0.15, 0.2) is 0 Å². The first-order chi connectivity index (χ1) is 12.1. The van der Waals surface area contributed by atoms with Crippen LogP contribution in [0, 0.1) is 0 Å². The third-order valence-corrected chi connectivity index (χ3v) is 5.51. The first kappa shape index (κ1) is 16.4. The van der Waals surface area contributed by atoms with Crippen LogP contribution in [-0.2, 0) is 0 Å². The molecule has 0 saturated carbocycles. The molecule has 2 aromatic rings. The van der Waals surface area contributed by atoms with E-state index in [4.69, 9.17) is 11.6 Å². The number of nitrogens with zero attached hydrogens (tertiary/aromatic N) is 3. The van der Waals surface area contributed by atoms with Gasteiger partial charge >= 0.3 is 5.97 Å². The van der Waals surface area contributed by atoms with E-state index >= 15 is 0 Å². The molecule has 2 aliphatic heterocycles. The molecule has 0 unspecified atom stereocenters. The summed E-state index contributed by atoms with van der Waals surface area (Å²) >= 11 is 5.93. The summed E-state index contributed by atoms with van der Waals surface area (Å²) in [5.41, 5.74) is 1.39. The quantitative estimate of drug-likeness (QED) is 0.914. The van der Waals surface area contributed by atoms with Gasteiger partial charge in [0, 0.05) is 38.4 Å². The number of piperazine rings is 1. The highest BCUT2D eigenvalue weighted by molar-refractivity contribution is 6.30. The molecule has 25 heavy (non-hydrogen) atoms. The standard InChI is InChI=1S/C19H20ClN3O2/c20-14-5-6-18(21-10-14)23-8-7-22-11-13(9-15(22)12-23)16-3-1-2-4-17(16)19(24)25/h1-6,10,13,15H,7-9,11-12H2,(H,24,25)/t13-,15+/m1/s1. The Kier molecular flexibility index (Phi) is 4.36. The Morgan fingerprint density at radius 1 is 1.16 bits per heavy atom. The number of fused-ring (bicyclic) bond motifs is 1. The van der Waals surface area contributed by atoms with Crippen molar-refractivity contribution in [2.24, 2.45) is 0 Å². The van der Waals surface area contributed by atoms with Crippen LogP contribution < -0.4 is 4.90 Å². The second-order valence-corrected chi connectivity index (χ2v) is 7.19. The highest BCUT2D eigenvalue weighted by atomic mass is 35.5. The third kappa shape index (κ3) is 3.22. The largest absolute Gasteiger partial charge is 0.478 e. The smallest absolute Gasteiger partial charge is 0.335 e. The zero-order valence-electron chi connectivity index (χ0n) is 13.8. The maximum Gasteiger partial charge on any atom is 0.335 e. The fraction of sp³-hybridized carbons (Fsp3) is 0.368. The van der Waals surface area contributed by atoms with E-state index in [1.165, 1.54) is 0 Å². The first-order valence-electron chi connectivity index (χ1n) is 8.54. The van der Waals surface area contributed by atoms with Gasteiger partial charge in [0.25, 0.3) is 0 Å². The Bertz CT molecular complexity index is 780. The molecule has 6 heteroatoms. The minimum absolute atomic E-state index is 0.274. The van der Waals surface area contributed by atoms with Crippen molar-refractivity contribution in [2.75, 3.05) is 31.1 Å². The zero-order valence-corrected chi connectivity index (χ0v) is 14.6. The third-order valence-electron chi connectivity index (χ3n) is 5.28. The lowest BCUT2D eigenvalue weighted by atomic mass is 9.92. The molecule has 0 spiro atoms. The number of aromatic carboxylic acids is 1. The summed E-state index contributed by atoms with van der Waals surface area (Å²) in [4.78, 5) is 20.7. The SMILES string of the molecule is O=C(O)c1ccccc1[C@@H]1C[C@H]2CN(c3ccc(Cl)cn3)CCN2C1. The van der Waals surface area contributed by atoms with E-state index in [2.05, 4.69) is 14.8 Å². The van der Waals surface area contributed by atoms with Gasteiger partial charge < -0.3 is 10.0 Å². The van der Waals surface area contributed by atoms with Crippen LogP contribution in [0.5, 0.6) is 0 Å². The number of hydrogen-bond donors (Lipinski definition) is 1. The van der Waals surface area contributed by atoms with E-state index in [1.54, 1.807) is 18.3 Å². The van der Waals surface area contributed by atoms with Crippen molar-refractivity contribution < 1.29 is 9.90 Å². The van der Waals surface area contributed by atoms with Crippen molar-refractivity contribution in [3.8, 4) is 0 Å². The molecule has 0 aliphatic carbocycles. The fourth-order valence-electron chi connectivity index (χ4n) is 4.08. The van der Waals surface area contributed by atoms with Crippen LogP contribution in [0.2, 0.25) is 5.02 Å². The van der Waals surface area contributed by atoms with E-state index in [1.807, 2.05) is 24.3 Å². The Morgan fingerprint density at radius 3 is 2.76 bits per heavy atom. The van der Waals surface area contributed by atoms with E-state index in [9.17, 15) is 9.90 Å². The normalized spacial score (nSPS) is 23.5. The summed E-state index contributed by atoms with van der Waals surface area (Å²) in [6, 6.07) is 11.7. The molecule has 0 bridgehead atoms. The zero-order chi connectivity index (χ0) is 17.4. The van der Waals surface area contributed by atoms with Crippen molar-refractivity contribution >= 4 is 23.4 Å². The Labute approximate surface area is 151 Å². The van der Waals surface area contributed by atoms with Crippen LogP contribution in [0.4, 0.5) is 5.82 Å². The molecule has 0 amide bonds.